The Morgan fingerprint density at radius 3 is 2.75 bits per heavy atom. The minimum atomic E-state index is -0.643. The Labute approximate surface area is 120 Å². The van der Waals surface area contributed by atoms with Crippen molar-refractivity contribution in [2.45, 2.75) is 56.5 Å². The topological polar surface area (TPSA) is 40.5 Å². The number of nitrogens with zero attached hydrogens (tertiary/aromatic N) is 1. The molecule has 1 aliphatic heterocycles. The zero-order valence-electron chi connectivity index (χ0n) is 12.1. The standard InChI is InChI=1S/C17H23NO2/c1-17(13-6-3-2-4-7-13)10-9-14(12-17)18-11-5-8-15(18)16(19)20/h2-4,6-7,14-15H,5,8-12H2,1H3,(H,19,20)/t14?,15-,17?/m1/s1. The largest absolute Gasteiger partial charge is 0.480 e. The molecule has 2 fully saturated rings. The van der Waals surface area contributed by atoms with Crippen molar-refractivity contribution in [1.82, 2.24) is 4.90 Å². The van der Waals surface area contributed by atoms with Crippen LogP contribution in [0.25, 0.3) is 0 Å². The zero-order valence-corrected chi connectivity index (χ0v) is 12.1. The molecule has 20 heavy (non-hydrogen) atoms. The van der Waals surface area contributed by atoms with Gasteiger partial charge in [-0.2, -0.15) is 0 Å². The minimum absolute atomic E-state index is 0.206. The summed E-state index contributed by atoms with van der Waals surface area (Å²) in [6.07, 6.45) is 5.20. The highest BCUT2D eigenvalue weighted by Gasteiger charge is 2.43. The smallest absolute Gasteiger partial charge is 0.320 e. The molecule has 0 aromatic heterocycles. The van der Waals surface area contributed by atoms with E-state index in [1.807, 2.05) is 0 Å². The van der Waals surface area contributed by atoms with E-state index in [1.165, 1.54) is 5.56 Å². The lowest BCUT2D eigenvalue weighted by molar-refractivity contribution is -0.142. The van der Waals surface area contributed by atoms with E-state index < -0.39 is 5.97 Å². The van der Waals surface area contributed by atoms with Crippen LogP contribution in [0.15, 0.2) is 30.3 Å². The Hall–Kier alpha value is -1.35. The molecule has 1 saturated carbocycles. The summed E-state index contributed by atoms with van der Waals surface area (Å²) in [5.41, 5.74) is 1.60. The van der Waals surface area contributed by atoms with Gasteiger partial charge in [0.2, 0.25) is 0 Å². The van der Waals surface area contributed by atoms with Crippen LogP contribution in [0, 0.1) is 0 Å². The van der Waals surface area contributed by atoms with Gasteiger partial charge in [-0.3, -0.25) is 9.69 Å². The molecular formula is C17H23NO2. The average molecular weight is 273 g/mol. The summed E-state index contributed by atoms with van der Waals surface area (Å²) < 4.78 is 0. The van der Waals surface area contributed by atoms with Crippen LogP contribution in [0.5, 0.6) is 0 Å². The summed E-state index contributed by atoms with van der Waals surface area (Å²) in [6.45, 7) is 3.28. The molecule has 1 N–H and O–H groups in total. The molecule has 3 atom stereocenters. The zero-order chi connectivity index (χ0) is 14.2. The lowest BCUT2D eigenvalue weighted by atomic mass is 9.81. The van der Waals surface area contributed by atoms with Gasteiger partial charge in [0.1, 0.15) is 6.04 Å². The number of carboxylic acids is 1. The van der Waals surface area contributed by atoms with E-state index in [0.717, 1.165) is 38.6 Å². The Bertz CT molecular complexity index is 487. The van der Waals surface area contributed by atoms with Gasteiger partial charge in [0, 0.05) is 6.04 Å². The van der Waals surface area contributed by atoms with Crippen LogP contribution in [0.1, 0.15) is 44.6 Å². The minimum Gasteiger partial charge on any atom is -0.480 e. The summed E-state index contributed by atoms with van der Waals surface area (Å²) >= 11 is 0. The van der Waals surface area contributed by atoms with Crippen LogP contribution in [0.3, 0.4) is 0 Å². The van der Waals surface area contributed by atoms with Gasteiger partial charge in [0.05, 0.1) is 0 Å². The maximum absolute atomic E-state index is 11.4. The molecule has 1 aromatic rings. The molecule has 3 rings (SSSR count). The molecular weight excluding hydrogens is 250 g/mol. The molecule has 0 bridgehead atoms. The SMILES string of the molecule is CC1(c2ccccc2)CCC(N2CCC[C@@H]2C(=O)O)C1. The number of hydrogen-bond acceptors (Lipinski definition) is 2. The molecule has 108 valence electrons. The highest BCUT2D eigenvalue weighted by atomic mass is 16.4. The molecule has 0 amide bonds. The van der Waals surface area contributed by atoms with Gasteiger partial charge in [-0.1, -0.05) is 37.3 Å². The van der Waals surface area contributed by atoms with Gasteiger partial charge >= 0.3 is 5.97 Å². The summed E-state index contributed by atoms with van der Waals surface area (Å²) in [7, 11) is 0. The number of carbonyl (C=O) groups is 1. The number of carboxylic acid groups (broad SMARTS) is 1. The Kier molecular flexibility index (Phi) is 3.55. The number of benzene rings is 1. The fraction of sp³-hybridized carbons (Fsp3) is 0.588. The summed E-state index contributed by atoms with van der Waals surface area (Å²) in [4.78, 5) is 13.6. The van der Waals surface area contributed by atoms with E-state index in [1.54, 1.807) is 0 Å². The number of likely N-dealkylation sites (tertiary alicyclic amines) is 1. The molecule has 1 aliphatic carbocycles. The molecule has 3 heteroatoms. The molecule has 3 nitrogen and oxygen atoms in total. The van der Waals surface area contributed by atoms with Crippen molar-refractivity contribution in [3.63, 3.8) is 0 Å². The first-order valence-electron chi connectivity index (χ1n) is 7.64. The normalized spacial score (nSPS) is 34.5. The summed E-state index contributed by atoms with van der Waals surface area (Å²) in [5.74, 6) is -0.643. The van der Waals surface area contributed by atoms with E-state index in [2.05, 4.69) is 42.2 Å². The maximum atomic E-state index is 11.4. The number of hydrogen-bond donors (Lipinski definition) is 1. The van der Waals surface area contributed by atoms with E-state index in [9.17, 15) is 9.90 Å². The van der Waals surface area contributed by atoms with Crippen LogP contribution in [0.4, 0.5) is 0 Å². The average Bonchev–Trinajstić information content (AvgIpc) is 3.07. The number of aliphatic carboxylic acids is 1. The summed E-state index contributed by atoms with van der Waals surface area (Å²) in [6, 6.07) is 10.9. The second-order valence-corrected chi connectivity index (χ2v) is 6.56. The van der Waals surface area contributed by atoms with Crippen LogP contribution in [-0.4, -0.2) is 34.6 Å². The Balaban J connectivity index is 1.75. The van der Waals surface area contributed by atoms with Crippen LogP contribution >= 0.6 is 0 Å². The third-order valence-electron chi connectivity index (χ3n) is 5.23. The van der Waals surface area contributed by atoms with Crippen molar-refractivity contribution in [2.75, 3.05) is 6.54 Å². The first-order valence-corrected chi connectivity index (χ1v) is 7.64. The monoisotopic (exact) mass is 273 g/mol. The van der Waals surface area contributed by atoms with Gasteiger partial charge in [-0.25, -0.2) is 0 Å². The van der Waals surface area contributed by atoms with Crippen molar-refractivity contribution < 1.29 is 9.90 Å². The molecule has 2 unspecified atom stereocenters. The van der Waals surface area contributed by atoms with E-state index in [4.69, 9.17) is 0 Å². The Morgan fingerprint density at radius 1 is 1.30 bits per heavy atom. The molecule has 1 heterocycles. The maximum Gasteiger partial charge on any atom is 0.320 e. The lowest BCUT2D eigenvalue weighted by Gasteiger charge is -2.30. The van der Waals surface area contributed by atoms with E-state index in [-0.39, 0.29) is 11.5 Å². The van der Waals surface area contributed by atoms with Crippen LogP contribution in [0.2, 0.25) is 0 Å². The van der Waals surface area contributed by atoms with Gasteiger partial charge in [-0.05, 0) is 49.6 Å². The summed E-state index contributed by atoms with van der Waals surface area (Å²) in [5, 5.41) is 9.35. The molecule has 0 spiro atoms. The number of rotatable bonds is 3. The fourth-order valence-corrected chi connectivity index (χ4v) is 4.09. The first-order chi connectivity index (χ1) is 9.60. The predicted molar refractivity (Wildman–Crippen MR) is 78.8 cm³/mol. The molecule has 1 aromatic carbocycles. The van der Waals surface area contributed by atoms with Gasteiger partial charge in [0.25, 0.3) is 0 Å². The second kappa shape index (κ2) is 5.21. The van der Waals surface area contributed by atoms with Gasteiger partial charge in [0.15, 0.2) is 0 Å². The first kappa shape index (κ1) is 13.6. The third kappa shape index (κ3) is 2.35. The van der Waals surface area contributed by atoms with Gasteiger partial charge < -0.3 is 5.11 Å². The van der Waals surface area contributed by atoms with Gasteiger partial charge in [-0.15, -0.1) is 0 Å². The quantitative estimate of drug-likeness (QED) is 0.920. The molecule has 1 saturated heterocycles. The highest BCUT2D eigenvalue weighted by Crippen LogP contribution is 2.44. The third-order valence-corrected chi connectivity index (χ3v) is 5.23. The molecule has 2 aliphatic rings. The van der Waals surface area contributed by atoms with Crippen molar-refractivity contribution in [2.24, 2.45) is 0 Å². The van der Waals surface area contributed by atoms with Crippen molar-refractivity contribution in [3.05, 3.63) is 35.9 Å². The van der Waals surface area contributed by atoms with Crippen LogP contribution in [-0.2, 0) is 10.2 Å². The van der Waals surface area contributed by atoms with Crippen molar-refractivity contribution >= 4 is 5.97 Å². The molecule has 0 radical (unpaired) electrons. The van der Waals surface area contributed by atoms with Crippen molar-refractivity contribution in [3.8, 4) is 0 Å². The fourth-order valence-electron chi connectivity index (χ4n) is 4.09. The van der Waals surface area contributed by atoms with E-state index >= 15 is 0 Å². The van der Waals surface area contributed by atoms with E-state index in [0.29, 0.717) is 6.04 Å². The van der Waals surface area contributed by atoms with Crippen LogP contribution < -0.4 is 0 Å². The second-order valence-electron chi connectivity index (χ2n) is 6.56. The Morgan fingerprint density at radius 2 is 2.05 bits per heavy atom. The lowest BCUT2D eigenvalue weighted by Crippen LogP contribution is -2.42. The highest BCUT2D eigenvalue weighted by molar-refractivity contribution is 5.73. The van der Waals surface area contributed by atoms with Crippen molar-refractivity contribution in [1.29, 1.82) is 0 Å². The predicted octanol–water partition coefficient (Wildman–Crippen LogP) is 3.05.